The monoisotopic (exact) mass is 747 g/mol. The second kappa shape index (κ2) is 12.1. The van der Waals surface area contributed by atoms with Crippen LogP contribution in [0, 0.1) is 0 Å². The Morgan fingerprint density at radius 2 is 0.966 bits per heavy atom. The minimum absolute atomic E-state index is 0.188. The number of hydrogen-bond donors (Lipinski definition) is 0. The molecule has 0 amide bonds. The van der Waals surface area contributed by atoms with E-state index < -0.39 is 0 Å². The third-order valence-corrected chi connectivity index (χ3v) is 11.9. The predicted molar refractivity (Wildman–Crippen MR) is 236 cm³/mol. The van der Waals surface area contributed by atoms with E-state index >= 15 is 0 Å². The smallest absolute Gasteiger partial charge is 0.220 e. The van der Waals surface area contributed by atoms with Crippen LogP contribution >= 0.6 is 0 Å². The Balaban J connectivity index is 1.03. The zero-order valence-corrected chi connectivity index (χ0v) is 32.3. The van der Waals surface area contributed by atoms with E-state index in [2.05, 4.69) is 181 Å². The molecule has 276 valence electrons. The van der Waals surface area contributed by atoms with E-state index in [1.165, 1.54) is 50.1 Å². The van der Waals surface area contributed by atoms with Crippen molar-refractivity contribution >= 4 is 27.8 Å². The SMILES string of the molecule is CC(C)(C)c1cc2c(cc1-c1cccc3c1Oc1ccc(-n4c5ccccc5n5c6ccccc6nc45)cc1O3)-c1ccccc1-c1ccccc1-c1ccccc1-2. The molecule has 8 aromatic carbocycles. The first-order valence-corrected chi connectivity index (χ1v) is 19.9. The fraction of sp³-hybridized carbons (Fsp3) is 0.0755. The van der Waals surface area contributed by atoms with Gasteiger partial charge in [0.15, 0.2) is 23.0 Å². The van der Waals surface area contributed by atoms with E-state index in [9.17, 15) is 0 Å². The molecule has 5 heteroatoms. The Hall–Kier alpha value is -7.37. The minimum atomic E-state index is -0.188. The third kappa shape index (κ3) is 4.74. The maximum atomic E-state index is 6.93. The van der Waals surface area contributed by atoms with Gasteiger partial charge in [0.2, 0.25) is 5.78 Å². The topological polar surface area (TPSA) is 40.7 Å². The van der Waals surface area contributed by atoms with Crippen molar-refractivity contribution in [1.29, 1.82) is 0 Å². The highest BCUT2D eigenvalue weighted by molar-refractivity contribution is 6.04. The van der Waals surface area contributed by atoms with Crippen LogP contribution in [0.2, 0.25) is 0 Å². The molecule has 0 spiro atoms. The fourth-order valence-corrected chi connectivity index (χ4v) is 9.29. The van der Waals surface area contributed by atoms with E-state index in [0.717, 1.165) is 44.7 Å². The number of para-hydroxylation sites is 5. The second-order valence-electron chi connectivity index (χ2n) is 16.4. The number of hydrogen-bond acceptors (Lipinski definition) is 3. The van der Waals surface area contributed by atoms with Gasteiger partial charge in [0, 0.05) is 11.6 Å². The van der Waals surface area contributed by atoms with Gasteiger partial charge in [-0.25, -0.2) is 4.98 Å². The molecule has 5 nitrogen and oxygen atoms in total. The molecular formula is C53H37N3O2. The van der Waals surface area contributed by atoms with Crippen molar-refractivity contribution in [2.75, 3.05) is 0 Å². The van der Waals surface area contributed by atoms with Gasteiger partial charge in [-0.1, -0.05) is 130 Å². The maximum Gasteiger partial charge on any atom is 0.220 e. The zero-order chi connectivity index (χ0) is 38.7. The molecule has 0 atom stereocenters. The highest BCUT2D eigenvalue weighted by Crippen LogP contribution is 2.55. The lowest BCUT2D eigenvalue weighted by atomic mass is 9.75. The lowest BCUT2D eigenvalue weighted by molar-refractivity contribution is 0.360. The largest absolute Gasteiger partial charge is 0.449 e. The molecule has 2 aliphatic rings. The van der Waals surface area contributed by atoms with Crippen molar-refractivity contribution in [3.63, 3.8) is 0 Å². The van der Waals surface area contributed by atoms with Gasteiger partial charge in [-0.05, 0) is 116 Å². The minimum Gasteiger partial charge on any atom is -0.449 e. The molecule has 58 heavy (non-hydrogen) atoms. The molecule has 0 bridgehead atoms. The number of fused-ring (bicyclic) bond motifs is 15. The Bertz CT molecular complexity index is 3340. The van der Waals surface area contributed by atoms with Gasteiger partial charge in [-0.3, -0.25) is 8.97 Å². The van der Waals surface area contributed by atoms with Gasteiger partial charge in [0.05, 0.1) is 27.8 Å². The van der Waals surface area contributed by atoms with E-state index in [1.807, 2.05) is 18.2 Å². The normalized spacial score (nSPS) is 12.7. The van der Waals surface area contributed by atoms with Gasteiger partial charge in [-0.15, -0.1) is 0 Å². The maximum absolute atomic E-state index is 6.93. The molecule has 0 unspecified atom stereocenters. The van der Waals surface area contributed by atoms with Crippen molar-refractivity contribution in [2.45, 2.75) is 26.2 Å². The molecule has 3 heterocycles. The molecule has 2 aromatic heterocycles. The summed E-state index contributed by atoms with van der Waals surface area (Å²) in [6.45, 7) is 6.89. The number of benzene rings is 8. The Morgan fingerprint density at radius 1 is 0.414 bits per heavy atom. The standard InChI is InChI=1S/C53H37N3O2/c1-53(2,3)43-31-41-38-20-9-7-18-36(38)34-16-5-4-15-33(34)35-17-6-8-19-37(35)40(41)30-42(43)39-21-14-26-49-51(39)58-48-28-27-32(29-50(48)57-49)55-46-24-12-13-25-47(46)56-45-23-11-10-22-44(45)54-52(55)56/h4-31H,1-3H3. The van der Waals surface area contributed by atoms with Crippen LogP contribution in [0.3, 0.4) is 0 Å². The van der Waals surface area contributed by atoms with Crippen molar-refractivity contribution in [2.24, 2.45) is 0 Å². The third-order valence-electron chi connectivity index (χ3n) is 11.9. The van der Waals surface area contributed by atoms with Crippen LogP contribution in [0.4, 0.5) is 0 Å². The van der Waals surface area contributed by atoms with Crippen molar-refractivity contribution in [3.05, 3.63) is 175 Å². The first kappa shape index (κ1) is 32.8. The van der Waals surface area contributed by atoms with Gasteiger partial charge < -0.3 is 9.47 Å². The van der Waals surface area contributed by atoms with Gasteiger partial charge in [0.25, 0.3) is 0 Å². The van der Waals surface area contributed by atoms with Crippen LogP contribution in [-0.2, 0) is 5.41 Å². The average molecular weight is 748 g/mol. The second-order valence-corrected chi connectivity index (χ2v) is 16.4. The highest BCUT2D eigenvalue weighted by Gasteiger charge is 2.30. The zero-order valence-electron chi connectivity index (χ0n) is 32.3. The summed E-state index contributed by atoms with van der Waals surface area (Å²) in [7, 11) is 0. The number of aromatic nitrogens is 3. The summed E-state index contributed by atoms with van der Waals surface area (Å²) in [5.41, 5.74) is 18.1. The number of imidazole rings is 2. The molecule has 10 aromatic rings. The summed E-state index contributed by atoms with van der Waals surface area (Å²) in [6, 6.07) is 60.4. The lowest BCUT2D eigenvalue weighted by Crippen LogP contribution is -2.14. The van der Waals surface area contributed by atoms with Gasteiger partial charge in [0.1, 0.15) is 0 Å². The van der Waals surface area contributed by atoms with Crippen LogP contribution in [0.1, 0.15) is 26.3 Å². The Morgan fingerprint density at radius 3 is 1.62 bits per heavy atom. The van der Waals surface area contributed by atoms with Crippen molar-refractivity contribution in [3.8, 4) is 84.3 Å². The predicted octanol–water partition coefficient (Wildman–Crippen LogP) is 14.3. The van der Waals surface area contributed by atoms with E-state index in [0.29, 0.717) is 23.0 Å². The molecule has 0 saturated heterocycles. The molecule has 1 aliphatic carbocycles. The first-order valence-electron chi connectivity index (χ1n) is 19.9. The average Bonchev–Trinajstić information content (AvgIpc) is 3.79. The highest BCUT2D eigenvalue weighted by atomic mass is 16.6. The van der Waals surface area contributed by atoms with Gasteiger partial charge in [-0.2, -0.15) is 0 Å². The molecule has 0 N–H and O–H groups in total. The fourth-order valence-electron chi connectivity index (χ4n) is 9.29. The van der Waals surface area contributed by atoms with Gasteiger partial charge >= 0.3 is 0 Å². The summed E-state index contributed by atoms with van der Waals surface area (Å²) >= 11 is 0. The van der Waals surface area contributed by atoms with E-state index in [-0.39, 0.29) is 5.41 Å². The van der Waals surface area contributed by atoms with E-state index in [4.69, 9.17) is 14.5 Å². The summed E-state index contributed by atoms with van der Waals surface area (Å²) < 4.78 is 18.2. The molecule has 1 aliphatic heterocycles. The van der Waals surface area contributed by atoms with Crippen molar-refractivity contribution < 1.29 is 9.47 Å². The van der Waals surface area contributed by atoms with Crippen LogP contribution in [-0.4, -0.2) is 14.0 Å². The number of rotatable bonds is 2. The molecule has 0 fully saturated rings. The quantitative estimate of drug-likeness (QED) is 0.177. The summed E-state index contributed by atoms with van der Waals surface area (Å²) in [5, 5.41) is 0. The van der Waals surface area contributed by atoms with E-state index in [1.54, 1.807) is 0 Å². The Labute approximate surface area is 336 Å². The Kier molecular flexibility index (Phi) is 6.83. The summed E-state index contributed by atoms with van der Waals surface area (Å²) in [6.07, 6.45) is 0. The first-order chi connectivity index (χ1) is 28.4. The summed E-state index contributed by atoms with van der Waals surface area (Å²) in [4.78, 5) is 5.08. The van der Waals surface area contributed by atoms with Crippen LogP contribution in [0.5, 0.6) is 23.0 Å². The van der Waals surface area contributed by atoms with Crippen LogP contribution in [0.15, 0.2) is 170 Å². The van der Waals surface area contributed by atoms with Crippen LogP contribution < -0.4 is 9.47 Å². The molecule has 0 saturated carbocycles. The number of nitrogens with zero attached hydrogens (tertiary/aromatic N) is 3. The summed E-state index contributed by atoms with van der Waals surface area (Å²) in [5.74, 6) is 3.58. The number of ether oxygens (including phenoxy) is 2. The molecule has 12 rings (SSSR count). The van der Waals surface area contributed by atoms with Crippen molar-refractivity contribution in [1.82, 2.24) is 14.0 Å². The molecule has 0 radical (unpaired) electrons. The molecular weight excluding hydrogens is 711 g/mol. The lowest BCUT2D eigenvalue weighted by Gasteiger charge is -2.30. The van der Waals surface area contributed by atoms with Crippen LogP contribution in [0.25, 0.3) is 89.2 Å².